The van der Waals surface area contributed by atoms with Gasteiger partial charge in [0, 0.05) is 64.4 Å². The van der Waals surface area contributed by atoms with Gasteiger partial charge in [0.1, 0.15) is 6.10 Å². The highest BCUT2D eigenvalue weighted by atomic mass is 32.1. The number of aromatic nitrogens is 2. The molecule has 0 amide bonds. The zero-order valence-corrected chi connectivity index (χ0v) is 34.2. The van der Waals surface area contributed by atoms with Crippen LogP contribution in [0.5, 0.6) is 5.88 Å². The Labute approximate surface area is 361 Å². The van der Waals surface area contributed by atoms with Crippen LogP contribution in [0.1, 0.15) is 33.7 Å². The van der Waals surface area contributed by atoms with E-state index in [0.717, 1.165) is 33.7 Å². The van der Waals surface area contributed by atoms with Gasteiger partial charge < -0.3 is 4.74 Å². The van der Waals surface area contributed by atoms with Gasteiger partial charge in [-0.3, -0.25) is 4.57 Å². The number of ether oxygens (including phenoxy) is 1. The van der Waals surface area contributed by atoms with Crippen LogP contribution in [0.3, 0.4) is 0 Å². The van der Waals surface area contributed by atoms with Crippen LogP contribution in [0.4, 0.5) is 0 Å². The fourth-order valence-corrected chi connectivity index (χ4v) is 13.2. The second kappa shape index (κ2) is 11.8. The van der Waals surface area contributed by atoms with Crippen molar-refractivity contribution < 1.29 is 4.74 Å². The van der Waals surface area contributed by atoms with E-state index in [-0.39, 0.29) is 12.0 Å². The van der Waals surface area contributed by atoms with Crippen molar-refractivity contribution in [3.63, 3.8) is 0 Å². The van der Waals surface area contributed by atoms with Gasteiger partial charge in [-0.2, -0.15) is 0 Å². The molecule has 1 unspecified atom stereocenters. The third kappa shape index (κ3) is 4.00. The summed E-state index contributed by atoms with van der Waals surface area (Å²) in [6.07, 6.45) is 8.78. The number of para-hydroxylation sites is 1. The van der Waals surface area contributed by atoms with E-state index >= 15 is 0 Å². The average Bonchev–Trinajstić information content (AvgIpc) is 4.12. The molecule has 0 bridgehead atoms. The van der Waals surface area contributed by atoms with E-state index in [1.165, 1.54) is 91.9 Å². The maximum atomic E-state index is 6.97. The molecule has 4 aliphatic rings. The smallest absolute Gasteiger partial charge is 0.204 e. The first-order valence-corrected chi connectivity index (χ1v) is 22.4. The number of benzene rings is 8. The first-order chi connectivity index (χ1) is 30.8. The van der Waals surface area contributed by atoms with Crippen molar-refractivity contribution in [2.45, 2.75) is 17.4 Å². The lowest BCUT2D eigenvalue weighted by atomic mass is 9.70. The Morgan fingerprint density at radius 3 is 2.08 bits per heavy atom. The van der Waals surface area contributed by atoms with Gasteiger partial charge >= 0.3 is 0 Å². The Kier molecular flexibility index (Phi) is 6.35. The second-order valence-electron chi connectivity index (χ2n) is 17.2. The lowest BCUT2D eigenvalue weighted by Crippen LogP contribution is -2.25. The molecule has 3 nitrogen and oxygen atoms in total. The molecule has 0 saturated carbocycles. The standard InChI is InChI=1S/C58H34N2OS/c1-7-22-43-35(16-1)36-17-2-8-23-44(36)58(43)45-24-9-3-19-39(45)52-46(58)30-28-42-51(52)40-20-4-10-25-47(40)59-55(42)33-14-13-15-34(32-33)60-48-31-29-38-37-18-6-12-27-50(37)62-56(38)54(48)53-41-21-5-11-26-49(41)61-57(53)60/h1-32,41,49H/t41?,49-/m1/s1. The molecule has 15 rings (SSSR count). The average molecular weight is 807 g/mol. The van der Waals surface area contributed by atoms with Crippen LogP contribution in [0.25, 0.3) is 91.9 Å². The van der Waals surface area contributed by atoms with Gasteiger partial charge in [0.15, 0.2) is 0 Å². The zero-order valence-electron chi connectivity index (χ0n) is 33.3. The minimum Gasteiger partial charge on any atom is -0.470 e. The Bertz CT molecular complexity index is 3840. The highest BCUT2D eigenvalue weighted by Gasteiger charge is 2.52. The van der Waals surface area contributed by atoms with Crippen LogP contribution in [-0.2, 0) is 5.41 Å². The summed E-state index contributed by atoms with van der Waals surface area (Å²) in [5.41, 5.74) is 16.7. The van der Waals surface area contributed by atoms with Gasteiger partial charge in [-0.05, 0) is 80.9 Å². The first kappa shape index (κ1) is 33.2. The minimum absolute atomic E-state index is 0.0355. The summed E-state index contributed by atoms with van der Waals surface area (Å²) >= 11 is 1.89. The van der Waals surface area contributed by atoms with Gasteiger partial charge in [0.25, 0.3) is 0 Å². The molecule has 0 fully saturated rings. The van der Waals surface area contributed by atoms with Gasteiger partial charge in [-0.25, -0.2) is 4.98 Å². The van der Waals surface area contributed by atoms with Crippen LogP contribution in [0, 0.1) is 0 Å². The molecule has 11 aromatic rings. The lowest BCUT2D eigenvalue weighted by molar-refractivity contribution is 0.256. The molecule has 0 radical (unpaired) electrons. The van der Waals surface area contributed by atoms with Crippen molar-refractivity contribution >= 4 is 64.1 Å². The third-order valence-electron chi connectivity index (χ3n) is 14.3. The number of hydrogen-bond donors (Lipinski definition) is 0. The summed E-state index contributed by atoms with van der Waals surface area (Å²) in [5.74, 6) is 1.08. The molecule has 1 aliphatic heterocycles. The highest BCUT2D eigenvalue weighted by molar-refractivity contribution is 7.26. The summed E-state index contributed by atoms with van der Waals surface area (Å²) in [6.45, 7) is 0. The summed E-state index contributed by atoms with van der Waals surface area (Å²) in [5, 5.41) is 7.48. The summed E-state index contributed by atoms with van der Waals surface area (Å²) in [4.78, 5) is 5.54. The van der Waals surface area contributed by atoms with E-state index in [1.54, 1.807) is 0 Å². The van der Waals surface area contributed by atoms with Crippen LogP contribution < -0.4 is 4.74 Å². The maximum Gasteiger partial charge on any atom is 0.204 e. The third-order valence-corrected chi connectivity index (χ3v) is 15.5. The van der Waals surface area contributed by atoms with Crippen LogP contribution in [0.15, 0.2) is 194 Å². The van der Waals surface area contributed by atoms with Crippen molar-refractivity contribution in [1.29, 1.82) is 0 Å². The van der Waals surface area contributed by atoms with Gasteiger partial charge in [0.05, 0.1) is 22.1 Å². The minimum atomic E-state index is -0.422. The number of thiophene rings is 1. The molecule has 1 spiro atoms. The molecule has 3 aromatic heterocycles. The SMILES string of the molecule is C1=CC2c3c(n(-c4cccc(-c5nc6ccccc6c6c7c(ccc56)C5(c6ccccc6-c6ccccc65)c5ccccc5-7)c4)c4ccc5c6ccccc6sc5c34)O[C@@H]2C=C1. The number of fused-ring (bicyclic) bond motifs is 23. The predicted octanol–water partition coefficient (Wildman–Crippen LogP) is 14.7. The van der Waals surface area contributed by atoms with E-state index in [9.17, 15) is 0 Å². The van der Waals surface area contributed by atoms with Crippen molar-refractivity contribution in [2.24, 2.45) is 0 Å². The van der Waals surface area contributed by atoms with Gasteiger partial charge in [-0.15, -0.1) is 11.3 Å². The van der Waals surface area contributed by atoms with Crippen LogP contribution in [0.2, 0.25) is 0 Å². The van der Waals surface area contributed by atoms with Crippen molar-refractivity contribution in [3.05, 3.63) is 222 Å². The number of rotatable bonds is 2. The number of allylic oxidation sites excluding steroid dienone is 2. The Morgan fingerprint density at radius 1 is 0.548 bits per heavy atom. The Hall–Kier alpha value is -7.53. The predicted molar refractivity (Wildman–Crippen MR) is 256 cm³/mol. The van der Waals surface area contributed by atoms with Crippen molar-refractivity contribution in [2.75, 3.05) is 0 Å². The second-order valence-corrected chi connectivity index (χ2v) is 18.2. The molecular formula is C58H34N2OS. The molecular weight excluding hydrogens is 773 g/mol. The lowest BCUT2D eigenvalue weighted by Gasteiger charge is -2.30. The molecule has 3 aliphatic carbocycles. The highest BCUT2D eigenvalue weighted by Crippen LogP contribution is 2.64. The number of pyridine rings is 1. The Morgan fingerprint density at radius 2 is 1.24 bits per heavy atom. The van der Waals surface area contributed by atoms with E-state index in [4.69, 9.17) is 9.72 Å². The molecule has 2 atom stereocenters. The summed E-state index contributed by atoms with van der Waals surface area (Å²) < 4.78 is 12.0. The molecule has 288 valence electrons. The molecule has 4 heterocycles. The van der Waals surface area contributed by atoms with Gasteiger partial charge in [-0.1, -0.05) is 158 Å². The fourth-order valence-electron chi connectivity index (χ4n) is 12.0. The van der Waals surface area contributed by atoms with E-state index < -0.39 is 5.41 Å². The zero-order chi connectivity index (χ0) is 40.3. The normalized spacial score (nSPS) is 17.2. The summed E-state index contributed by atoms with van der Waals surface area (Å²) in [6, 6.07) is 63.1. The fraction of sp³-hybridized carbons (Fsp3) is 0.0517. The Balaban J connectivity index is 1.00. The quantitative estimate of drug-likeness (QED) is 0.163. The molecule has 0 N–H and O–H groups in total. The number of hydrogen-bond acceptors (Lipinski definition) is 3. The maximum absolute atomic E-state index is 6.97. The first-order valence-electron chi connectivity index (χ1n) is 21.5. The van der Waals surface area contributed by atoms with Crippen molar-refractivity contribution in [3.8, 4) is 45.1 Å². The monoisotopic (exact) mass is 806 g/mol. The van der Waals surface area contributed by atoms with E-state index in [0.29, 0.717) is 0 Å². The summed E-state index contributed by atoms with van der Waals surface area (Å²) in [7, 11) is 0. The molecule has 4 heteroatoms. The largest absolute Gasteiger partial charge is 0.470 e. The molecule has 62 heavy (non-hydrogen) atoms. The van der Waals surface area contributed by atoms with E-state index in [2.05, 4.69) is 199 Å². The van der Waals surface area contributed by atoms with Crippen LogP contribution >= 0.6 is 11.3 Å². The van der Waals surface area contributed by atoms with Crippen LogP contribution in [-0.4, -0.2) is 15.7 Å². The van der Waals surface area contributed by atoms with Gasteiger partial charge in [0.2, 0.25) is 5.88 Å². The molecule has 8 aromatic carbocycles. The molecule has 0 saturated heterocycles. The van der Waals surface area contributed by atoms with E-state index in [1.807, 2.05) is 11.3 Å². The topological polar surface area (TPSA) is 27.1 Å². The van der Waals surface area contributed by atoms with Crippen molar-refractivity contribution in [1.82, 2.24) is 9.55 Å². The number of nitrogens with zero attached hydrogens (tertiary/aromatic N) is 2.